The van der Waals surface area contributed by atoms with Gasteiger partial charge in [0.15, 0.2) is 16.6 Å². The average molecular weight is 341 g/mol. The smallest absolute Gasteiger partial charge is 0.439 e. The Labute approximate surface area is 141 Å². The highest BCUT2D eigenvalue weighted by atomic mass is 28.4. The molecule has 0 radical (unpaired) electrons. The van der Waals surface area contributed by atoms with Crippen LogP contribution in [0.3, 0.4) is 0 Å². The van der Waals surface area contributed by atoms with Crippen LogP contribution in [0.5, 0.6) is 0 Å². The molecule has 22 heavy (non-hydrogen) atoms. The first-order valence-electron chi connectivity index (χ1n) is 9.14. The molecule has 0 aromatic heterocycles. The summed E-state index contributed by atoms with van der Waals surface area (Å²) in [6.45, 7) is 15.6. The first-order valence-corrected chi connectivity index (χ1v) is 14.2. The van der Waals surface area contributed by atoms with Crippen LogP contribution in [-0.4, -0.2) is 23.8 Å². The summed E-state index contributed by atoms with van der Waals surface area (Å²) < 4.78 is 13.3. The molecule has 0 heterocycles. The van der Waals surface area contributed by atoms with Gasteiger partial charge in [-0.3, -0.25) is 0 Å². The lowest BCUT2D eigenvalue weighted by molar-refractivity contribution is 0.384. The second-order valence-electron chi connectivity index (χ2n) is 6.43. The summed E-state index contributed by atoms with van der Waals surface area (Å²) in [5.74, 6) is 0.151. The van der Waals surface area contributed by atoms with Crippen molar-refractivity contribution in [1.29, 1.82) is 5.26 Å². The highest BCUT2D eigenvalue weighted by Crippen LogP contribution is 2.32. The third-order valence-electron chi connectivity index (χ3n) is 5.48. The molecule has 0 spiro atoms. The Bertz CT molecular complexity index is 303. The van der Waals surface area contributed by atoms with Crippen molar-refractivity contribution >= 4 is 23.8 Å². The van der Waals surface area contributed by atoms with Crippen LogP contribution in [-0.2, 0) is 8.69 Å². The van der Waals surface area contributed by atoms with Crippen LogP contribution in [0.4, 0.5) is 0 Å². The van der Waals surface area contributed by atoms with E-state index < -0.39 is 16.6 Å². The highest BCUT2D eigenvalue weighted by Gasteiger charge is 2.42. The maximum atomic E-state index is 9.09. The van der Waals surface area contributed by atoms with E-state index >= 15 is 0 Å². The minimum Gasteiger partial charge on any atom is -0.453 e. The van der Waals surface area contributed by atoms with E-state index in [0.29, 0.717) is 6.42 Å². The summed E-state index contributed by atoms with van der Waals surface area (Å²) in [7, 11) is -3.63. The quantitative estimate of drug-likeness (QED) is 0.420. The fourth-order valence-electron chi connectivity index (χ4n) is 2.99. The van der Waals surface area contributed by atoms with Crippen molar-refractivity contribution in [2.45, 2.75) is 97.0 Å². The van der Waals surface area contributed by atoms with E-state index in [1.54, 1.807) is 0 Å². The molecular formula is C16H36BNO2Si2. The molecule has 0 saturated carbocycles. The van der Waals surface area contributed by atoms with Crippen molar-refractivity contribution in [2.24, 2.45) is 0 Å². The second kappa shape index (κ2) is 10.6. The molecule has 3 nitrogen and oxygen atoms in total. The van der Waals surface area contributed by atoms with Crippen LogP contribution in [0.25, 0.3) is 0 Å². The molecule has 0 amide bonds. The van der Waals surface area contributed by atoms with Crippen LogP contribution in [0.2, 0.25) is 42.1 Å². The molecule has 0 fully saturated rings. The Kier molecular flexibility index (Phi) is 10.6. The van der Waals surface area contributed by atoms with Gasteiger partial charge in [0, 0.05) is 12.2 Å². The molecular weight excluding hydrogens is 305 g/mol. The predicted octanol–water partition coefficient (Wildman–Crippen LogP) is 5.82. The molecule has 0 bridgehead atoms. The molecule has 128 valence electrons. The molecule has 0 N–H and O–H groups in total. The molecule has 0 aliphatic rings. The molecule has 0 aromatic carbocycles. The molecule has 0 rings (SSSR count). The summed E-state index contributed by atoms with van der Waals surface area (Å²) in [5.41, 5.74) is 0. The molecule has 1 atom stereocenters. The van der Waals surface area contributed by atoms with E-state index in [2.05, 4.69) is 54.5 Å². The van der Waals surface area contributed by atoms with Crippen LogP contribution >= 0.6 is 0 Å². The lowest BCUT2D eigenvalue weighted by atomic mass is 9.72. The van der Waals surface area contributed by atoms with Gasteiger partial charge >= 0.3 is 7.12 Å². The predicted molar refractivity (Wildman–Crippen MR) is 102 cm³/mol. The molecule has 0 aromatic rings. The maximum Gasteiger partial charge on any atom is 0.439 e. The number of rotatable bonds is 12. The zero-order chi connectivity index (χ0) is 17.2. The zero-order valence-electron chi connectivity index (χ0n) is 15.9. The Balaban J connectivity index is 5.33. The van der Waals surface area contributed by atoms with E-state index in [1.165, 1.54) is 0 Å². The molecule has 0 aliphatic heterocycles. The standard InChI is InChI=1S/C16H36BNO2Si2/c1-8-21(9-2,10-3)19-17(16(7)14-15-18)20-22(11-4,12-5)13-6/h16H,8-14H2,1-7H3. The summed E-state index contributed by atoms with van der Waals surface area (Å²) in [4.78, 5) is 0. The van der Waals surface area contributed by atoms with Crippen molar-refractivity contribution in [3.8, 4) is 6.07 Å². The first kappa shape index (κ1) is 21.9. The van der Waals surface area contributed by atoms with E-state index in [1.807, 2.05) is 0 Å². The van der Waals surface area contributed by atoms with Gasteiger partial charge in [-0.05, 0) is 36.3 Å². The summed E-state index contributed by atoms with van der Waals surface area (Å²) in [5, 5.41) is 9.09. The van der Waals surface area contributed by atoms with Gasteiger partial charge in [0.25, 0.3) is 0 Å². The Hall–Kier alpha value is -0.0913. The van der Waals surface area contributed by atoms with Crippen molar-refractivity contribution in [3.63, 3.8) is 0 Å². The van der Waals surface area contributed by atoms with Gasteiger partial charge in [-0.25, -0.2) is 0 Å². The van der Waals surface area contributed by atoms with Crippen molar-refractivity contribution in [3.05, 3.63) is 0 Å². The number of nitrogens with zero attached hydrogens (tertiary/aromatic N) is 1. The van der Waals surface area contributed by atoms with Gasteiger partial charge in [-0.1, -0.05) is 48.5 Å². The zero-order valence-corrected chi connectivity index (χ0v) is 17.9. The van der Waals surface area contributed by atoms with E-state index in [4.69, 9.17) is 13.9 Å². The lowest BCUT2D eigenvalue weighted by Gasteiger charge is -2.39. The molecule has 0 saturated heterocycles. The average Bonchev–Trinajstić information content (AvgIpc) is 2.56. The third kappa shape index (κ3) is 5.84. The number of hydrogen-bond acceptors (Lipinski definition) is 3. The van der Waals surface area contributed by atoms with E-state index in [9.17, 15) is 0 Å². The van der Waals surface area contributed by atoms with Crippen LogP contribution in [0, 0.1) is 11.3 Å². The van der Waals surface area contributed by atoms with Crippen LogP contribution in [0.15, 0.2) is 0 Å². The highest BCUT2D eigenvalue weighted by molar-refractivity contribution is 6.84. The topological polar surface area (TPSA) is 42.2 Å². The van der Waals surface area contributed by atoms with Crippen molar-refractivity contribution in [2.75, 3.05) is 0 Å². The normalized spacial score (nSPS) is 13.7. The largest absolute Gasteiger partial charge is 0.453 e. The van der Waals surface area contributed by atoms with Gasteiger partial charge in [-0.15, -0.1) is 0 Å². The summed E-state index contributed by atoms with van der Waals surface area (Å²) >= 11 is 0. The van der Waals surface area contributed by atoms with Gasteiger partial charge in [0.1, 0.15) is 0 Å². The van der Waals surface area contributed by atoms with Gasteiger partial charge in [0.2, 0.25) is 0 Å². The van der Waals surface area contributed by atoms with Gasteiger partial charge < -0.3 is 8.69 Å². The molecule has 0 aliphatic carbocycles. The first-order chi connectivity index (χ1) is 10.4. The second-order valence-corrected chi connectivity index (χ2v) is 15.9. The Morgan fingerprint density at radius 2 is 1.14 bits per heavy atom. The Morgan fingerprint density at radius 3 is 1.36 bits per heavy atom. The fourth-order valence-corrected chi connectivity index (χ4v) is 8.63. The van der Waals surface area contributed by atoms with Gasteiger partial charge in [-0.2, -0.15) is 5.26 Å². The monoisotopic (exact) mass is 341 g/mol. The van der Waals surface area contributed by atoms with Gasteiger partial charge in [0.05, 0.1) is 6.07 Å². The fraction of sp³-hybridized carbons (Fsp3) is 0.938. The molecule has 1 unspecified atom stereocenters. The SMILES string of the molecule is CC[Si](CC)(CC)OB(O[Si](CC)(CC)CC)C(C)CC#N. The van der Waals surface area contributed by atoms with Crippen molar-refractivity contribution in [1.82, 2.24) is 0 Å². The molecule has 6 heteroatoms. The maximum absolute atomic E-state index is 9.09. The Morgan fingerprint density at radius 1 is 0.818 bits per heavy atom. The van der Waals surface area contributed by atoms with E-state index in [0.717, 1.165) is 36.3 Å². The summed E-state index contributed by atoms with van der Waals surface area (Å²) in [6, 6.07) is 9.04. The summed E-state index contributed by atoms with van der Waals surface area (Å²) in [6.07, 6.45) is 0.508. The van der Waals surface area contributed by atoms with Crippen molar-refractivity contribution < 1.29 is 8.69 Å². The van der Waals surface area contributed by atoms with Crippen LogP contribution < -0.4 is 0 Å². The number of nitriles is 1. The van der Waals surface area contributed by atoms with E-state index in [-0.39, 0.29) is 12.9 Å². The third-order valence-corrected chi connectivity index (χ3v) is 14.7. The lowest BCUT2D eigenvalue weighted by Crippen LogP contribution is -2.50. The number of hydrogen-bond donors (Lipinski definition) is 0. The minimum absolute atomic E-state index is 0.151. The van der Waals surface area contributed by atoms with Crippen LogP contribution in [0.1, 0.15) is 54.9 Å². The minimum atomic E-state index is -1.72.